The van der Waals surface area contributed by atoms with Gasteiger partial charge in [0, 0.05) is 27.9 Å². The molecule has 2 rings (SSSR count). The van der Waals surface area contributed by atoms with E-state index in [1.165, 1.54) is 11.8 Å². The molecule has 1 unspecified atom stereocenters. The summed E-state index contributed by atoms with van der Waals surface area (Å²) in [5.74, 6) is 0. The summed E-state index contributed by atoms with van der Waals surface area (Å²) in [7, 11) is 0. The lowest BCUT2D eigenvalue weighted by Gasteiger charge is -2.11. The number of hydrogen-bond acceptors (Lipinski definition) is 4. The molecule has 5 heteroatoms. The van der Waals surface area contributed by atoms with Crippen LogP contribution in [-0.4, -0.2) is 16.0 Å². The Kier molecular flexibility index (Phi) is 5.40. The second kappa shape index (κ2) is 7.07. The zero-order valence-electron chi connectivity index (χ0n) is 11.6. The van der Waals surface area contributed by atoms with E-state index in [1.807, 2.05) is 31.2 Å². The van der Waals surface area contributed by atoms with Crippen LogP contribution in [0.4, 0.5) is 0 Å². The van der Waals surface area contributed by atoms with Crippen LogP contribution in [0.1, 0.15) is 24.6 Å². The number of nitrogens with two attached hydrogens (primary N) is 1. The molecule has 0 fully saturated rings. The maximum atomic E-state index is 6.32. The quantitative estimate of drug-likeness (QED) is 0.852. The van der Waals surface area contributed by atoms with Crippen LogP contribution in [0.3, 0.4) is 0 Å². The second-order valence-electron chi connectivity index (χ2n) is 4.71. The normalized spacial score (nSPS) is 12.4. The SMILES string of the molecule is CCC(N)Cc1ccc(Sc2nccc(C)n2)cc1Cl. The number of hydrogen-bond donors (Lipinski definition) is 1. The van der Waals surface area contributed by atoms with Gasteiger partial charge in [-0.05, 0) is 55.3 Å². The summed E-state index contributed by atoms with van der Waals surface area (Å²) < 4.78 is 0. The molecule has 0 saturated heterocycles. The number of rotatable bonds is 5. The van der Waals surface area contributed by atoms with Crippen molar-refractivity contribution in [2.45, 2.75) is 42.8 Å². The zero-order valence-corrected chi connectivity index (χ0v) is 13.2. The molecule has 0 radical (unpaired) electrons. The fraction of sp³-hybridized carbons (Fsp3) is 0.333. The molecular formula is C15H18ClN3S. The molecule has 0 aliphatic rings. The first-order valence-electron chi connectivity index (χ1n) is 6.60. The highest BCUT2D eigenvalue weighted by molar-refractivity contribution is 7.99. The van der Waals surface area contributed by atoms with E-state index in [4.69, 9.17) is 17.3 Å². The average Bonchev–Trinajstić information content (AvgIpc) is 2.41. The lowest BCUT2D eigenvalue weighted by Crippen LogP contribution is -2.21. The third kappa shape index (κ3) is 4.20. The molecule has 2 aromatic rings. The van der Waals surface area contributed by atoms with Crippen molar-refractivity contribution in [1.82, 2.24) is 9.97 Å². The lowest BCUT2D eigenvalue weighted by molar-refractivity contribution is 0.646. The van der Waals surface area contributed by atoms with Crippen molar-refractivity contribution >= 4 is 23.4 Å². The highest BCUT2D eigenvalue weighted by Gasteiger charge is 2.08. The zero-order chi connectivity index (χ0) is 14.5. The Balaban J connectivity index is 2.13. The number of aromatic nitrogens is 2. The van der Waals surface area contributed by atoms with Gasteiger partial charge in [-0.3, -0.25) is 0 Å². The van der Waals surface area contributed by atoms with Crippen molar-refractivity contribution < 1.29 is 0 Å². The molecule has 106 valence electrons. The van der Waals surface area contributed by atoms with Gasteiger partial charge in [-0.15, -0.1) is 0 Å². The minimum Gasteiger partial charge on any atom is -0.327 e. The summed E-state index contributed by atoms with van der Waals surface area (Å²) in [5.41, 5.74) is 8.02. The third-order valence-corrected chi connectivity index (χ3v) is 4.23. The van der Waals surface area contributed by atoms with Gasteiger partial charge in [0.2, 0.25) is 0 Å². The average molecular weight is 308 g/mol. The molecule has 0 aliphatic heterocycles. The maximum Gasteiger partial charge on any atom is 0.192 e. The van der Waals surface area contributed by atoms with E-state index in [2.05, 4.69) is 16.9 Å². The van der Waals surface area contributed by atoms with Gasteiger partial charge in [-0.25, -0.2) is 9.97 Å². The van der Waals surface area contributed by atoms with E-state index in [9.17, 15) is 0 Å². The predicted molar refractivity (Wildman–Crippen MR) is 84.3 cm³/mol. The Labute approximate surface area is 129 Å². The number of benzene rings is 1. The summed E-state index contributed by atoms with van der Waals surface area (Å²) in [6.45, 7) is 4.03. The van der Waals surface area contributed by atoms with Gasteiger partial charge >= 0.3 is 0 Å². The molecule has 0 bridgehead atoms. The molecular weight excluding hydrogens is 290 g/mol. The van der Waals surface area contributed by atoms with E-state index in [-0.39, 0.29) is 6.04 Å². The van der Waals surface area contributed by atoms with Crippen molar-refractivity contribution in [3.8, 4) is 0 Å². The maximum absolute atomic E-state index is 6.32. The van der Waals surface area contributed by atoms with Crippen LogP contribution in [0.25, 0.3) is 0 Å². The standard InChI is InChI=1S/C15H18ClN3S/c1-3-12(17)8-11-4-5-13(9-14(11)16)20-15-18-7-6-10(2)19-15/h4-7,9,12H,3,8,17H2,1-2H3. The molecule has 1 aromatic heterocycles. The van der Waals surface area contributed by atoms with Gasteiger partial charge in [-0.1, -0.05) is 24.6 Å². The van der Waals surface area contributed by atoms with Gasteiger partial charge < -0.3 is 5.73 Å². The largest absolute Gasteiger partial charge is 0.327 e. The molecule has 0 spiro atoms. The van der Waals surface area contributed by atoms with Crippen molar-refractivity contribution in [3.05, 3.63) is 46.7 Å². The molecule has 3 nitrogen and oxygen atoms in total. The first kappa shape index (κ1) is 15.3. The Morgan fingerprint density at radius 1 is 1.35 bits per heavy atom. The van der Waals surface area contributed by atoms with E-state index in [0.29, 0.717) is 0 Å². The molecule has 0 aliphatic carbocycles. The second-order valence-corrected chi connectivity index (χ2v) is 6.16. The summed E-state index contributed by atoms with van der Waals surface area (Å²) in [4.78, 5) is 9.64. The van der Waals surface area contributed by atoms with Gasteiger partial charge in [0.25, 0.3) is 0 Å². The Morgan fingerprint density at radius 3 is 2.80 bits per heavy atom. The van der Waals surface area contributed by atoms with Crippen molar-refractivity contribution in [2.75, 3.05) is 0 Å². The monoisotopic (exact) mass is 307 g/mol. The van der Waals surface area contributed by atoms with Crippen LogP contribution >= 0.6 is 23.4 Å². The van der Waals surface area contributed by atoms with Crippen molar-refractivity contribution in [1.29, 1.82) is 0 Å². The fourth-order valence-electron chi connectivity index (χ4n) is 1.76. The highest BCUT2D eigenvalue weighted by atomic mass is 35.5. The molecule has 0 amide bonds. The van der Waals surface area contributed by atoms with E-state index in [0.717, 1.165) is 39.2 Å². The summed E-state index contributed by atoms with van der Waals surface area (Å²) in [5, 5.41) is 1.49. The van der Waals surface area contributed by atoms with Crippen LogP contribution in [0, 0.1) is 6.92 Å². The first-order valence-corrected chi connectivity index (χ1v) is 7.79. The molecule has 1 aromatic carbocycles. The summed E-state index contributed by atoms with van der Waals surface area (Å²) in [6, 6.07) is 8.07. The Hall–Kier alpha value is -1.10. The van der Waals surface area contributed by atoms with Crippen LogP contribution in [0.2, 0.25) is 5.02 Å². The van der Waals surface area contributed by atoms with Crippen molar-refractivity contribution in [3.63, 3.8) is 0 Å². The first-order chi connectivity index (χ1) is 9.58. The highest BCUT2D eigenvalue weighted by Crippen LogP contribution is 2.29. The Bertz CT molecular complexity index is 589. The van der Waals surface area contributed by atoms with E-state index in [1.54, 1.807) is 6.20 Å². The molecule has 1 heterocycles. The summed E-state index contributed by atoms with van der Waals surface area (Å²) in [6.07, 6.45) is 3.52. The van der Waals surface area contributed by atoms with Crippen LogP contribution in [0.15, 0.2) is 40.5 Å². The van der Waals surface area contributed by atoms with Crippen molar-refractivity contribution in [2.24, 2.45) is 5.73 Å². The lowest BCUT2D eigenvalue weighted by atomic mass is 10.1. The van der Waals surface area contributed by atoms with Gasteiger partial charge in [0.1, 0.15) is 0 Å². The van der Waals surface area contributed by atoms with Crippen LogP contribution in [0.5, 0.6) is 0 Å². The number of aryl methyl sites for hydroxylation is 1. The predicted octanol–water partition coefficient (Wildman–Crippen LogP) is 3.87. The van der Waals surface area contributed by atoms with Gasteiger partial charge in [0.05, 0.1) is 0 Å². The summed E-state index contributed by atoms with van der Waals surface area (Å²) >= 11 is 7.83. The van der Waals surface area contributed by atoms with E-state index >= 15 is 0 Å². The van der Waals surface area contributed by atoms with Crippen LogP contribution < -0.4 is 5.73 Å². The third-order valence-electron chi connectivity index (χ3n) is 3.01. The smallest absolute Gasteiger partial charge is 0.192 e. The fourth-order valence-corrected chi connectivity index (χ4v) is 2.91. The Morgan fingerprint density at radius 2 is 2.15 bits per heavy atom. The van der Waals surface area contributed by atoms with Gasteiger partial charge in [-0.2, -0.15) is 0 Å². The van der Waals surface area contributed by atoms with Gasteiger partial charge in [0.15, 0.2) is 5.16 Å². The molecule has 0 saturated carbocycles. The molecule has 1 atom stereocenters. The minimum atomic E-state index is 0.158. The van der Waals surface area contributed by atoms with Crippen LogP contribution in [-0.2, 0) is 6.42 Å². The number of halogens is 1. The number of nitrogens with zero attached hydrogens (tertiary/aromatic N) is 2. The minimum absolute atomic E-state index is 0.158. The molecule has 2 N–H and O–H groups in total. The van der Waals surface area contributed by atoms with E-state index < -0.39 is 0 Å². The molecule has 20 heavy (non-hydrogen) atoms. The topological polar surface area (TPSA) is 51.8 Å².